The van der Waals surface area contributed by atoms with Crippen LogP contribution >= 0.6 is 15.9 Å². The predicted molar refractivity (Wildman–Crippen MR) is 126 cm³/mol. The molecular weight excluding hydrogens is 478 g/mol. The number of aromatic nitrogens is 2. The number of carbonyl (C=O) groups is 1. The van der Waals surface area contributed by atoms with Crippen LogP contribution in [0.15, 0.2) is 50.8 Å². The molecule has 1 aromatic heterocycles. The van der Waals surface area contributed by atoms with Crippen molar-refractivity contribution in [3.63, 3.8) is 0 Å². The lowest BCUT2D eigenvalue weighted by Crippen LogP contribution is -2.23. The molecule has 3 aromatic rings. The van der Waals surface area contributed by atoms with Crippen molar-refractivity contribution >= 4 is 39.0 Å². The minimum absolute atomic E-state index is 0.00764. The maximum Gasteiger partial charge on any atom is 0.343 e. The SMILES string of the molecule is CC[C@@H](C)c1nc2ccc(Br)cc2c(=O)n1N=Cc1cccc(OC)c1OCC(=O)OC. The Bertz CT molecular complexity index is 1220. The van der Waals surface area contributed by atoms with E-state index in [-0.39, 0.29) is 18.1 Å². The smallest absolute Gasteiger partial charge is 0.343 e. The number of hydrogen-bond donors (Lipinski definition) is 0. The quantitative estimate of drug-likeness (QED) is 0.340. The molecule has 0 radical (unpaired) electrons. The molecule has 0 spiro atoms. The van der Waals surface area contributed by atoms with Gasteiger partial charge in [-0.25, -0.2) is 9.78 Å². The lowest BCUT2D eigenvalue weighted by atomic mass is 10.1. The number of halogens is 1. The van der Waals surface area contributed by atoms with E-state index in [0.717, 1.165) is 10.9 Å². The van der Waals surface area contributed by atoms with Crippen molar-refractivity contribution < 1.29 is 19.0 Å². The number of esters is 1. The van der Waals surface area contributed by atoms with Gasteiger partial charge >= 0.3 is 5.97 Å². The Morgan fingerprint density at radius 3 is 2.75 bits per heavy atom. The molecule has 32 heavy (non-hydrogen) atoms. The molecule has 0 unspecified atom stereocenters. The first-order valence-corrected chi connectivity index (χ1v) is 10.8. The van der Waals surface area contributed by atoms with Crippen molar-refractivity contribution in [3.8, 4) is 11.5 Å². The van der Waals surface area contributed by atoms with Crippen molar-refractivity contribution in [3.05, 3.63) is 62.6 Å². The molecular formula is C23H24BrN3O5. The minimum atomic E-state index is -0.529. The van der Waals surface area contributed by atoms with Crippen LogP contribution < -0.4 is 15.0 Å². The van der Waals surface area contributed by atoms with Gasteiger partial charge in [-0.3, -0.25) is 4.79 Å². The lowest BCUT2D eigenvalue weighted by molar-refractivity contribution is -0.142. The summed E-state index contributed by atoms with van der Waals surface area (Å²) in [7, 11) is 2.78. The van der Waals surface area contributed by atoms with E-state index in [2.05, 4.69) is 25.8 Å². The van der Waals surface area contributed by atoms with Crippen LogP contribution in [0.2, 0.25) is 0 Å². The predicted octanol–water partition coefficient (Wildman–Crippen LogP) is 4.12. The summed E-state index contributed by atoms with van der Waals surface area (Å²) in [5.41, 5.74) is 0.871. The highest BCUT2D eigenvalue weighted by molar-refractivity contribution is 9.10. The second-order valence-corrected chi connectivity index (χ2v) is 7.96. The van der Waals surface area contributed by atoms with Crippen LogP contribution in [-0.4, -0.2) is 42.7 Å². The van der Waals surface area contributed by atoms with Crippen LogP contribution in [0.5, 0.6) is 11.5 Å². The van der Waals surface area contributed by atoms with Gasteiger partial charge in [-0.2, -0.15) is 9.78 Å². The van der Waals surface area contributed by atoms with Gasteiger partial charge in [0.25, 0.3) is 5.56 Å². The van der Waals surface area contributed by atoms with E-state index in [0.29, 0.717) is 33.8 Å². The average molecular weight is 502 g/mol. The van der Waals surface area contributed by atoms with Gasteiger partial charge in [0.1, 0.15) is 5.82 Å². The topological polar surface area (TPSA) is 92.0 Å². The molecule has 3 rings (SSSR count). The van der Waals surface area contributed by atoms with Crippen molar-refractivity contribution in [2.75, 3.05) is 20.8 Å². The van der Waals surface area contributed by atoms with Gasteiger partial charge in [-0.05, 0) is 36.8 Å². The third-order valence-electron chi connectivity index (χ3n) is 4.99. The van der Waals surface area contributed by atoms with Gasteiger partial charge < -0.3 is 14.2 Å². The normalized spacial score (nSPS) is 12.2. The van der Waals surface area contributed by atoms with E-state index in [9.17, 15) is 9.59 Å². The molecule has 9 heteroatoms. The van der Waals surface area contributed by atoms with Crippen molar-refractivity contribution in [1.29, 1.82) is 0 Å². The summed E-state index contributed by atoms with van der Waals surface area (Å²) >= 11 is 3.41. The van der Waals surface area contributed by atoms with Crippen molar-refractivity contribution in [2.45, 2.75) is 26.2 Å². The first-order valence-electron chi connectivity index (χ1n) is 10.0. The van der Waals surface area contributed by atoms with E-state index in [1.807, 2.05) is 26.0 Å². The number of fused-ring (bicyclic) bond motifs is 1. The summed E-state index contributed by atoms with van der Waals surface area (Å²) in [6, 6.07) is 10.6. The van der Waals surface area contributed by atoms with Crippen LogP contribution in [0.3, 0.4) is 0 Å². The Kier molecular flexibility index (Phi) is 7.63. The summed E-state index contributed by atoms with van der Waals surface area (Å²) in [6.45, 7) is 3.73. The fourth-order valence-corrected chi connectivity index (χ4v) is 3.40. The number of ether oxygens (including phenoxy) is 3. The molecule has 168 valence electrons. The average Bonchev–Trinajstić information content (AvgIpc) is 2.81. The highest BCUT2D eigenvalue weighted by Gasteiger charge is 2.17. The summed E-state index contributed by atoms with van der Waals surface area (Å²) < 4.78 is 17.7. The lowest BCUT2D eigenvalue weighted by Gasteiger charge is -2.15. The largest absolute Gasteiger partial charge is 0.493 e. The monoisotopic (exact) mass is 501 g/mol. The zero-order valence-corrected chi connectivity index (χ0v) is 19.9. The maximum atomic E-state index is 13.3. The molecule has 0 fully saturated rings. The van der Waals surface area contributed by atoms with Crippen molar-refractivity contribution in [1.82, 2.24) is 9.66 Å². The Morgan fingerprint density at radius 2 is 2.06 bits per heavy atom. The fourth-order valence-electron chi connectivity index (χ4n) is 3.04. The van der Waals surface area contributed by atoms with Gasteiger partial charge in [0.05, 0.1) is 31.3 Å². The summed E-state index contributed by atoms with van der Waals surface area (Å²) in [5, 5.41) is 4.91. The maximum absolute atomic E-state index is 13.3. The number of para-hydroxylation sites is 1. The molecule has 0 saturated carbocycles. The molecule has 0 aliphatic carbocycles. The molecule has 0 amide bonds. The number of hydrogen-bond acceptors (Lipinski definition) is 7. The Hall–Kier alpha value is -3.20. The van der Waals surface area contributed by atoms with Gasteiger partial charge in [0, 0.05) is 16.0 Å². The van der Waals surface area contributed by atoms with Crippen molar-refractivity contribution in [2.24, 2.45) is 5.10 Å². The number of nitrogens with zero attached hydrogens (tertiary/aromatic N) is 3. The third kappa shape index (κ3) is 4.99. The summed E-state index contributed by atoms with van der Waals surface area (Å²) in [5.74, 6) is 0.779. The van der Waals surface area contributed by atoms with Gasteiger partial charge in [0.15, 0.2) is 18.1 Å². The standard InChI is InChI=1S/C23H24BrN3O5/c1-5-14(2)22-26-18-10-9-16(24)11-17(18)23(29)27(22)25-12-15-7-6-8-19(30-3)21(15)32-13-20(28)31-4/h6-12,14H,5,13H2,1-4H3/t14-/m1/s1. The molecule has 0 saturated heterocycles. The molecule has 0 aliphatic rings. The van der Waals surface area contributed by atoms with E-state index in [1.165, 1.54) is 25.1 Å². The molecule has 1 atom stereocenters. The zero-order chi connectivity index (χ0) is 23.3. The third-order valence-corrected chi connectivity index (χ3v) is 5.48. The van der Waals surface area contributed by atoms with E-state index >= 15 is 0 Å². The van der Waals surface area contributed by atoms with Crippen LogP contribution in [0.25, 0.3) is 10.9 Å². The zero-order valence-electron chi connectivity index (χ0n) is 18.3. The van der Waals surface area contributed by atoms with E-state index in [4.69, 9.17) is 14.5 Å². The van der Waals surface area contributed by atoms with E-state index in [1.54, 1.807) is 24.3 Å². The Labute approximate surface area is 194 Å². The van der Waals surface area contributed by atoms with Crippen LogP contribution in [0.4, 0.5) is 0 Å². The van der Waals surface area contributed by atoms with E-state index < -0.39 is 5.97 Å². The first-order chi connectivity index (χ1) is 15.4. The summed E-state index contributed by atoms with van der Waals surface area (Å²) in [4.78, 5) is 29.5. The number of rotatable bonds is 8. The number of benzene rings is 2. The molecule has 0 N–H and O–H groups in total. The number of methoxy groups -OCH3 is 2. The summed E-state index contributed by atoms with van der Waals surface area (Å²) in [6.07, 6.45) is 2.28. The second kappa shape index (κ2) is 10.4. The van der Waals surface area contributed by atoms with Gasteiger partial charge in [-0.15, -0.1) is 0 Å². The second-order valence-electron chi connectivity index (χ2n) is 7.05. The first kappa shape index (κ1) is 23.5. The highest BCUT2D eigenvalue weighted by atomic mass is 79.9. The molecule has 0 aliphatic heterocycles. The van der Waals surface area contributed by atoms with Gasteiger partial charge in [0.2, 0.25) is 0 Å². The number of carbonyl (C=O) groups excluding carboxylic acids is 1. The highest BCUT2D eigenvalue weighted by Crippen LogP contribution is 2.30. The van der Waals surface area contributed by atoms with Crippen LogP contribution in [0, 0.1) is 0 Å². The van der Waals surface area contributed by atoms with Crippen LogP contribution in [0.1, 0.15) is 37.6 Å². The molecule has 1 heterocycles. The van der Waals surface area contributed by atoms with Crippen LogP contribution in [-0.2, 0) is 9.53 Å². The molecule has 0 bridgehead atoms. The van der Waals surface area contributed by atoms with Gasteiger partial charge in [-0.1, -0.05) is 35.8 Å². The Balaban J connectivity index is 2.13. The fraction of sp³-hybridized carbons (Fsp3) is 0.304. The molecule has 8 nitrogen and oxygen atoms in total. The Morgan fingerprint density at radius 1 is 1.28 bits per heavy atom. The minimum Gasteiger partial charge on any atom is -0.493 e. The molecule has 2 aromatic carbocycles.